The van der Waals surface area contributed by atoms with Crippen molar-refractivity contribution in [1.82, 2.24) is 12.3 Å². The third-order valence-electron chi connectivity index (χ3n) is 2.76. The lowest BCUT2D eigenvalue weighted by molar-refractivity contribution is 0.193. The Morgan fingerprint density at radius 1 is 0.773 bits per heavy atom. The van der Waals surface area contributed by atoms with Crippen molar-refractivity contribution in [2.45, 2.75) is 78.1 Å². The number of phosphoric ester groups is 1. The molecule has 0 aliphatic heterocycles. The van der Waals surface area contributed by atoms with Gasteiger partial charge in [0.1, 0.15) is 0 Å². The van der Waals surface area contributed by atoms with Gasteiger partial charge in [-0.1, -0.05) is 64.7 Å². The summed E-state index contributed by atoms with van der Waals surface area (Å²) < 4.78 is 14.7. The summed E-state index contributed by atoms with van der Waals surface area (Å²) in [5, 5.41) is 7.57. The standard InChI is InChI=1S/C12H27O4P.C2H6O.2H3N/c1-2-3-4-5-6-7-8-9-10-11-12-16-17(13,14)15;1-2-3;;/h2-12H2,1H3,(H2,13,14,15);3H,2H2,1H3;2*1H3. The Hall–Kier alpha value is -0.0100. The van der Waals surface area contributed by atoms with Gasteiger partial charge in [0.15, 0.2) is 0 Å². The Bertz CT molecular complexity index is 227. The summed E-state index contributed by atoms with van der Waals surface area (Å²) in [4.78, 5) is 16.9. The highest BCUT2D eigenvalue weighted by molar-refractivity contribution is 7.46. The minimum atomic E-state index is -4.24. The number of rotatable bonds is 12. The zero-order chi connectivity index (χ0) is 15.7. The molecule has 0 fully saturated rings. The molecule has 0 radical (unpaired) electrons. The molecule has 0 aromatic heterocycles. The second-order valence-corrected chi connectivity index (χ2v) is 6.06. The van der Waals surface area contributed by atoms with Crippen molar-refractivity contribution < 1.29 is 24.0 Å². The lowest BCUT2D eigenvalue weighted by Crippen LogP contribution is -1.92. The Morgan fingerprint density at radius 3 is 1.41 bits per heavy atom. The fraction of sp³-hybridized carbons (Fsp3) is 1.00. The molecule has 0 aliphatic carbocycles. The largest absolute Gasteiger partial charge is 0.469 e. The van der Waals surface area contributed by atoms with Gasteiger partial charge in [0, 0.05) is 6.61 Å². The summed E-state index contributed by atoms with van der Waals surface area (Å²) in [5.41, 5.74) is 0. The van der Waals surface area contributed by atoms with Crippen LogP contribution in [-0.2, 0) is 9.09 Å². The maximum absolute atomic E-state index is 10.4. The van der Waals surface area contributed by atoms with Crippen LogP contribution in [0.25, 0.3) is 0 Å². The average Bonchev–Trinajstić information content (AvgIpc) is 2.35. The van der Waals surface area contributed by atoms with Gasteiger partial charge in [0.25, 0.3) is 0 Å². The van der Waals surface area contributed by atoms with Crippen LogP contribution in [0.3, 0.4) is 0 Å². The first-order valence-corrected chi connectivity index (χ1v) is 9.31. The van der Waals surface area contributed by atoms with Crippen LogP contribution in [-0.4, -0.2) is 28.1 Å². The molecule has 0 heterocycles. The van der Waals surface area contributed by atoms with Gasteiger partial charge in [-0.3, -0.25) is 4.52 Å². The summed E-state index contributed by atoms with van der Waals surface area (Å²) >= 11 is 0. The van der Waals surface area contributed by atoms with Gasteiger partial charge in [0.05, 0.1) is 6.61 Å². The molecule has 0 aromatic carbocycles. The molecule has 0 atom stereocenters. The molecule has 0 spiro atoms. The van der Waals surface area contributed by atoms with Crippen LogP contribution in [0, 0.1) is 0 Å². The number of hydrogen-bond acceptors (Lipinski definition) is 5. The lowest BCUT2D eigenvalue weighted by Gasteiger charge is -2.05. The van der Waals surface area contributed by atoms with Crippen molar-refractivity contribution >= 4 is 7.82 Å². The van der Waals surface area contributed by atoms with Gasteiger partial charge in [-0.25, -0.2) is 4.57 Å². The van der Waals surface area contributed by atoms with E-state index in [0.717, 1.165) is 19.3 Å². The van der Waals surface area contributed by atoms with Crippen molar-refractivity contribution in [3.8, 4) is 0 Å². The third kappa shape index (κ3) is 36.8. The predicted octanol–water partition coefficient (Wildman–Crippen LogP) is 4.34. The van der Waals surface area contributed by atoms with Crippen LogP contribution in [0.5, 0.6) is 0 Å². The number of hydrogen-bond donors (Lipinski definition) is 5. The quantitative estimate of drug-likeness (QED) is 0.260. The zero-order valence-corrected chi connectivity index (χ0v) is 15.4. The molecular weight excluding hydrogens is 307 g/mol. The molecule has 22 heavy (non-hydrogen) atoms. The molecule has 0 aliphatic rings. The average molecular weight is 346 g/mol. The maximum atomic E-state index is 10.4. The summed E-state index contributed by atoms with van der Waals surface area (Å²) in [6, 6.07) is 0. The summed E-state index contributed by atoms with van der Waals surface area (Å²) in [6.07, 6.45) is 12.0. The number of aliphatic hydroxyl groups is 1. The molecule has 0 unspecified atom stereocenters. The molecule has 9 N–H and O–H groups in total. The molecule has 0 rings (SSSR count). The van der Waals surface area contributed by atoms with E-state index >= 15 is 0 Å². The van der Waals surface area contributed by atoms with Crippen LogP contribution in [0.4, 0.5) is 0 Å². The smallest absolute Gasteiger partial charge is 0.397 e. The zero-order valence-electron chi connectivity index (χ0n) is 14.5. The van der Waals surface area contributed by atoms with E-state index in [1.165, 1.54) is 44.9 Å². The second-order valence-electron chi connectivity index (χ2n) is 4.82. The van der Waals surface area contributed by atoms with Gasteiger partial charge < -0.3 is 27.2 Å². The number of aliphatic hydroxyl groups excluding tert-OH is 1. The molecule has 140 valence electrons. The minimum Gasteiger partial charge on any atom is -0.397 e. The van der Waals surface area contributed by atoms with Crippen LogP contribution < -0.4 is 12.3 Å². The fourth-order valence-electron chi connectivity index (χ4n) is 1.77. The van der Waals surface area contributed by atoms with E-state index in [9.17, 15) is 4.57 Å². The first-order chi connectivity index (χ1) is 9.47. The molecule has 0 saturated carbocycles. The third-order valence-corrected chi connectivity index (χ3v) is 3.28. The molecule has 0 saturated heterocycles. The Morgan fingerprint density at radius 2 is 1.09 bits per heavy atom. The topological polar surface area (TPSA) is 157 Å². The van der Waals surface area contributed by atoms with Gasteiger partial charge in [-0.2, -0.15) is 0 Å². The highest BCUT2D eigenvalue weighted by Crippen LogP contribution is 2.35. The van der Waals surface area contributed by atoms with E-state index in [4.69, 9.17) is 14.9 Å². The van der Waals surface area contributed by atoms with E-state index in [0.29, 0.717) is 0 Å². The monoisotopic (exact) mass is 346 g/mol. The molecule has 0 amide bonds. The molecular formula is C14H39N2O5P. The van der Waals surface area contributed by atoms with E-state index < -0.39 is 7.82 Å². The fourth-order valence-corrected chi connectivity index (χ4v) is 2.14. The van der Waals surface area contributed by atoms with Gasteiger partial charge in [0.2, 0.25) is 0 Å². The van der Waals surface area contributed by atoms with E-state index in [1.54, 1.807) is 6.92 Å². The van der Waals surface area contributed by atoms with E-state index in [2.05, 4.69) is 11.4 Å². The highest BCUT2D eigenvalue weighted by Gasteiger charge is 2.12. The van der Waals surface area contributed by atoms with Crippen molar-refractivity contribution in [3.05, 3.63) is 0 Å². The van der Waals surface area contributed by atoms with Gasteiger partial charge >= 0.3 is 7.82 Å². The maximum Gasteiger partial charge on any atom is 0.469 e. The van der Waals surface area contributed by atoms with Crippen molar-refractivity contribution in [1.29, 1.82) is 0 Å². The lowest BCUT2D eigenvalue weighted by atomic mass is 10.1. The SMILES string of the molecule is CCCCCCCCCCCCOP(=O)(O)O.CCO.N.N. The molecule has 0 bridgehead atoms. The minimum absolute atomic E-state index is 0. The van der Waals surface area contributed by atoms with Gasteiger partial charge in [-0.15, -0.1) is 0 Å². The molecule has 8 heteroatoms. The Balaban J connectivity index is -0.000000297. The first kappa shape index (κ1) is 29.9. The van der Waals surface area contributed by atoms with Crippen LogP contribution >= 0.6 is 7.82 Å². The number of phosphoric acid groups is 1. The Kier molecular flexibility index (Phi) is 31.6. The summed E-state index contributed by atoms with van der Waals surface area (Å²) in [5.74, 6) is 0. The molecule has 0 aromatic rings. The summed E-state index contributed by atoms with van der Waals surface area (Å²) in [7, 11) is -4.24. The molecule has 7 nitrogen and oxygen atoms in total. The predicted molar refractivity (Wildman–Crippen MR) is 92.6 cm³/mol. The van der Waals surface area contributed by atoms with E-state index in [1.807, 2.05) is 0 Å². The Labute approximate surface area is 136 Å². The van der Waals surface area contributed by atoms with Gasteiger partial charge in [-0.05, 0) is 13.3 Å². The highest BCUT2D eigenvalue weighted by atomic mass is 31.2. The van der Waals surface area contributed by atoms with Crippen LogP contribution in [0.2, 0.25) is 0 Å². The first-order valence-electron chi connectivity index (χ1n) is 7.78. The van der Waals surface area contributed by atoms with Crippen molar-refractivity contribution in [2.24, 2.45) is 0 Å². The van der Waals surface area contributed by atoms with Crippen LogP contribution in [0.1, 0.15) is 78.1 Å². The summed E-state index contributed by atoms with van der Waals surface area (Å²) in [6.45, 7) is 4.32. The van der Waals surface area contributed by atoms with Crippen molar-refractivity contribution in [3.63, 3.8) is 0 Å². The van der Waals surface area contributed by atoms with Crippen molar-refractivity contribution in [2.75, 3.05) is 13.2 Å². The second kappa shape index (κ2) is 23.3. The van der Waals surface area contributed by atoms with Crippen LogP contribution in [0.15, 0.2) is 0 Å². The van der Waals surface area contributed by atoms with E-state index in [-0.39, 0.29) is 25.5 Å². The number of unbranched alkanes of at least 4 members (excludes halogenated alkanes) is 9. The normalized spacial score (nSPS) is 10.0.